The minimum absolute atomic E-state index is 0.0775. The molecule has 1 N–H and O–H groups in total. The van der Waals surface area contributed by atoms with Crippen LogP contribution in [0.1, 0.15) is 26.0 Å². The summed E-state index contributed by atoms with van der Waals surface area (Å²) >= 11 is 0. The van der Waals surface area contributed by atoms with E-state index >= 15 is 0 Å². The zero-order valence-corrected chi connectivity index (χ0v) is 12.8. The molecule has 0 unspecified atom stereocenters. The van der Waals surface area contributed by atoms with Gasteiger partial charge < -0.3 is 4.90 Å². The molecule has 0 aromatic carbocycles. The molecular formula is C13H20N4O2S. The Balaban J connectivity index is 2.51. The summed E-state index contributed by atoms with van der Waals surface area (Å²) in [4.78, 5) is 5.98. The first-order chi connectivity index (χ1) is 9.36. The number of hydrogen-bond acceptors (Lipinski definition) is 5. The Labute approximate surface area is 120 Å². The zero-order valence-electron chi connectivity index (χ0n) is 12.0. The van der Waals surface area contributed by atoms with Crippen molar-refractivity contribution >= 4 is 10.0 Å². The normalized spacial score (nSPS) is 11.8. The van der Waals surface area contributed by atoms with Crippen LogP contribution in [0, 0.1) is 11.3 Å². The third kappa shape index (κ3) is 4.89. The third-order valence-electron chi connectivity index (χ3n) is 3.02. The second-order valence-electron chi connectivity index (χ2n) is 4.82. The van der Waals surface area contributed by atoms with Crippen LogP contribution in [0.2, 0.25) is 0 Å². The van der Waals surface area contributed by atoms with E-state index < -0.39 is 10.0 Å². The maximum atomic E-state index is 12.0. The van der Waals surface area contributed by atoms with Gasteiger partial charge in [0.25, 0.3) is 0 Å². The van der Waals surface area contributed by atoms with Crippen LogP contribution in [-0.2, 0) is 10.0 Å². The molecule has 6 nitrogen and oxygen atoms in total. The summed E-state index contributed by atoms with van der Waals surface area (Å²) in [6.45, 7) is 5.38. The van der Waals surface area contributed by atoms with Crippen LogP contribution >= 0.6 is 0 Å². The lowest BCUT2D eigenvalue weighted by Crippen LogP contribution is -2.31. The number of sulfonamides is 1. The molecule has 0 aliphatic rings. The van der Waals surface area contributed by atoms with Crippen molar-refractivity contribution in [3.63, 3.8) is 0 Å². The Hall–Kier alpha value is -1.49. The average molecular weight is 296 g/mol. The number of rotatable bonds is 7. The molecular weight excluding hydrogens is 276 g/mol. The van der Waals surface area contributed by atoms with E-state index in [1.807, 2.05) is 13.1 Å². The van der Waals surface area contributed by atoms with Crippen LogP contribution in [0.5, 0.6) is 0 Å². The molecule has 0 aliphatic heterocycles. The van der Waals surface area contributed by atoms with E-state index in [1.165, 1.54) is 18.3 Å². The minimum Gasteiger partial charge on any atom is -0.304 e. The standard InChI is InChI=1S/C13H20N4O2S/c1-11(2)17(3)8-4-7-16-20(18,19)13-6-5-12(9-14)15-10-13/h5-6,10-11,16H,4,7-8H2,1-3H3. The van der Waals surface area contributed by atoms with E-state index in [4.69, 9.17) is 5.26 Å². The van der Waals surface area contributed by atoms with Crippen molar-refractivity contribution in [3.05, 3.63) is 24.0 Å². The largest absolute Gasteiger partial charge is 0.304 e. The van der Waals surface area contributed by atoms with E-state index in [1.54, 1.807) is 0 Å². The van der Waals surface area contributed by atoms with Gasteiger partial charge in [0.05, 0.1) is 0 Å². The number of nitrogens with zero attached hydrogens (tertiary/aromatic N) is 3. The van der Waals surface area contributed by atoms with Crippen LogP contribution in [0.3, 0.4) is 0 Å². The molecule has 1 aromatic rings. The minimum atomic E-state index is -3.54. The van der Waals surface area contributed by atoms with Crippen LogP contribution in [0.15, 0.2) is 23.2 Å². The lowest BCUT2D eigenvalue weighted by atomic mass is 10.3. The molecule has 0 atom stereocenters. The van der Waals surface area contributed by atoms with E-state index in [9.17, 15) is 8.42 Å². The van der Waals surface area contributed by atoms with Crippen LogP contribution < -0.4 is 4.72 Å². The topological polar surface area (TPSA) is 86.1 Å². The summed E-state index contributed by atoms with van der Waals surface area (Å²) in [5, 5.41) is 8.62. The summed E-state index contributed by atoms with van der Waals surface area (Å²) < 4.78 is 26.5. The molecule has 110 valence electrons. The van der Waals surface area contributed by atoms with Gasteiger partial charge in [-0.2, -0.15) is 5.26 Å². The Bertz CT molecular complexity index is 561. The van der Waals surface area contributed by atoms with Crippen molar-refractivity contribution in [1.82, 2.24) is 14.6 Å². The van der Waals surface area contributed by atoms with E-state index in [0.29, 0.717) is 12.6 Å². The van der Waals surface area contributed by atoms with Gasteiger partial charge in [-0.05, 0) is 46.0 Å². The van der Waals surface area contributed by atoms with E-state index in [0.717, 1.165) is 13.0 Å². The van der Waals surface area contributed by atoms with Crippen LogP contribution in [-0.4, -0.2) is 44.5 Å². The average Bonchev–Trinajstić information content (AvgIpc) is 2.43. The molecule has 0 spiro atoms. The first-order valence-electron chi connectivity index (χ1n) is 6.43. The van der Waals surface area contributed by atoms with Crippen molar-refractivity contribution in [2.24, 2.45) is 0 Å². The molecule has 1 rings (SSSR count). The molecule has 0 bridgehead atoms. The number of nitrogens with one attached hydrogen (secondary N) is 1. The zero-order chi connectivity index (χ0) is 15.2. The molecule has 0 amide bonds. The van der Waals surface area contributed by atoms with Gasteiger partial charge in [-0.25, -0.2) is 18.1 Å². The van der Waals surface area contributed by atoms with Crippen molar-refractivity contribution in [2.75, 3.05) is 20.1 Å². The van der Waals surface area contributed by atoms with E-state index in [-0.39, 0.29) is 10.6 Å². The molecule has 20 heavy (non-hydrogen) atoms. The molecule has 0 aliphatic carbocycles. The summed E-state index contributed by atoms with van der Waals surface area (Å²) in [6.07, 6.45) is 1.93. The van der Waals surface area contributed by atoms with Crippen molar-refractivity contribution in [1.29, 1.82) is 5.26 Å². The predicted octanol–water partition coefficient (Wildman–Crippen LogP) is 0.962. The summed E-state index contributed by atoms with van der Waals surface area (Å²) in [7, 11) is -1.54. The summed E-state index contributed by atoms with van der Waals surface area (Å²) in [6, 6.07) is 5.06. The van der Waals surface area contributed by atoms with E-state index in [2.05, 4.69) is 28.5 Å². The quantitative estimate of drug-likeness (QED) is 0.757. The fourth-order valence-corrected chi connectivity index (χ4v) is 2.50. The maximum absolute atomic E-state index is 12.0. The molecule has 7 heteroatoms. The van der Waals surface area contributed by atoms with Gasteiger partial charge in [0.2, 0.25) is 10.0 Å². The highest BCUT2D eigenvalue weighted by atomic mass is 32.2. The smallest absolute Gasteiger partial charge is 0.242 e. The number of aromatic nitrogens is 1. The second kappa shape index (κ2) is 7.33. The third-order valence-corrected chi connectivity index (χ3v) is 4.47. The molecule has 0 radical (unpaired) electrons. The van der Waals surface area contributed by atoms with Gasteiger partial charge in [-0.3, -0.25) is 0 Å². The molecule has 1 heterocycles. The second-order valence-corrected chi connectivity index (χ2v) is 6.58. The monoisotopic (exact) mass is 296 g/mol. The van der Waals surface area contributed by atoms with Crippen molar-refractivity contribution in [2.45, 2.75) is 31.2 Å². The number of pyridine rings is 1. The van der Waals surface area contributed by atoms with Gasteiger partial charge in [-0.1, -0.05) is 0 Å². The predicted molar refractivity (Wildman–Crippen MR) is 76.5 cm³/mol. The maximum Gasteiger partial charge on any atom is 0.242 e. The Kier molecular flexibility index (Phi) is 6.07. The number of hydrogen-bond donors (Lipinski definition) is 1. The Morgan fingerprint density at radius 1 is 1.45 bits per heavy atom. The Morgan fingerprint density at radius 2 is 2.15 bits per heavy atom. The first kappa shape index (κ1) is 16.6. The molecule has 0 saturated heterocycles. The Morgan fingerprint density at radius 3 is 2.65 bits per heavy atom. The fraction of sp³-hybridized carbons (Fsp3) is 0.538. The first-order valence-corrected chi connectivity index (χ1v) is 7.91. The number of nitriles is 1. The van der Waals surface area contributed by atoms with Crippen LogP contribution in [0.4, 0.5) is 0 Å². The highest BCUT2D eigenvalue weighted by molar-refractivity contribution is 7.89. The van der Waals surface area contributed by atoms with Gasteiger partial charge >= 0.3 is 0 Å². The lowest BCUT2D eigenvalue weighted by Gasteiger charge is -2.20. The summed E-state index contributed by atoms with van der Waals surface area (Å²) in [5.41, 5.74) is 0.197. The van der Waals surface area contributed by atoms with Gasteiger partial charge in [0.15, 0.2) is 0 Å². The van der Waals surface area contributed by atoms with Gasteiger partial charge in [0.1, 0.15) is 16.7 Å². The molecule has 1 aromatic heterocycles. The highest BCUT2D eigenvalue weighted by Crippen LogP contribution is 2.07. The van der Waals surface area contributed by atoms with Gasteiger partial charge in [-0.15, -0.1) is 0 Å². The molecule has 0 saturated carbocycles. The molecule has 0 fully saturated rings. The fourth-order valence-electron chi connectivity index (χ4n) is 1.48. The van der Waals surface area contributed by atoms with Crippen LogP contribution in [0.25, 0.3) is 0 Å². The van der Waals surface area contributed by atoms with Crippen molar-refractivity contribution < 1.29 is 8.42 Å². The lowest BCUT2D eigenvalue weighted by molar-refractivity contribution is 0.271. The van der Waals surface area contributed by atoms with Gasteiger partial charge in [0, 0.05) is 18.8 Å². The summed E-state index contributed by atoms with van der Waals surface area (Å²) in [5.74, 6) is 0. The highest BCUT2D eigenvalue weighted by Gasteiger charge is 2.14. The SMILES string of the molecule is CC(C)N(C)CCCNS(=O)(=O)c1ccc(C#N)nc1. The van der Waals surface area contributed by atoms with Crippen molar-refractivity contribution in [3.8, 4) is 6.07 Å².